The largest absolute Gasteiger partial charge is 0.393 e. The number of amides is 1. The van der Waals surface area contributed by atoms with Crippen LogP contribution in [0.4, 0.5) is 13.2 Å². The molecule has 1 aliphatic heterocycles. The van der Waals surface area contributed by atoms with Crippen molar-refractivity contribution in [1.82, 2.24) is 4.90 Å². The molecule has 1 aromatic rings. The van der Waals surface area contributed by atoms with Gasteiger partial charge in [-0.15, -0.1) is 11.6 Å². The van der Waals surface area contributed by atoms with E-state index in [9.17, 15) is 18.0 Å². The molecule has 1 fully saturated rings. The predicted octanol–water partition coefficient (Wildman–Crippen LogP) is 3.84. The maximum absolute atomic E-state index is 12.7. The Kier molecular flexibility index (Phi) is 4.58. The van der Waals surface area contributed by atoms with E-state index in [2.05, 4.69) is 0 Å². The van der Waals surface area contributed by atoms with Gasteiger partial charge in [0.25, 0.3) is 5.91 Å². The van der Waals surface area contributed by atoms with Gasteiger partial charge in [-0.25, -0.2) is 0 Å². The molecule has 0 bridgehead atoms. The van der Waals surface area contributed by atoms with E-state index in [-0.39, 0.29) is 18.9 Å². The van der Waals surface area contributed by atoms with Crippen LogP contribution in [0, 0.1) is 5.92 Å². The molecule has 0 N–H and O–H groups in total. The lowest BCUT2D eigenvalue weighted by molar-refractivity contribution is -0.184. The van der Waals surface area contributed by atoms with Gasteiger partial charge in [0, 0.05) is 24.5 Å². The average Bonchev–Trinajstić information content (AvgIpc) is 2.46. The lowest BCUT2D eigenvalue weighted by atomic mass is 9.97. The molecule has 0 aromatic heterocycles. The summed E-state index contributed by atoms with van der Waals surface area (Å²) >= 11 is 5.66. The molecule has 2 rings (SSSR count). The van der Waals surface area contributed by atoms with Crippen molar-refractivity contribution in [3.63, 3.8) is 0 Å². The SMILES string of the molecule is O=C(c1ccc(CCl)cc1)N1CCCC(C(F)(F)F)C1. The van der Waals surface area contributed by atoms with Gasteiger partial charge in [0.15, 0.2) is 0 Å². The first kappa shape index (κ1) is 15.2. The number of carbonyl (C=O) groups is 1. The van der Waals surface area contributed by atoms with Crippen LogP contribution in [0.1, 0.15) is 28.8 Å². The molecule has 6 heteroatoms. The standard InChI is InChI=1S/C14H15ClF3NO/c15-8-10-3-5-11(6-4-10)13(20)19-7-1-2-12(9-19)14(16,17)18/h3-6,12H,1-2,7-9H2. The molecule has 0 saturated carbocycles. The van der Waals surface area contributed by atoms with Crippen LogP contribution in [-0.4, -0.2) is 30.1 Å². The van der Waals surface area contributed by atoms with Crippen molar-refractivity contribution in [3.05, 3.63) is 35.4 Å². The summed E-state index contributed by atoms with van der Waals surface area (Å²) in [6.07, 6.45) is -3.75. The van der Waals surface area contributed by atoms with Gasteiger partial charge in [-0.3, -0.25) is 4.79 Å². The Balaban J connectivity index is 2.08. The molecule has 1 heterocycles. The number of nitrogens with zero attached hydrogens (tertiary/aromatic N) is 1. The second-order valence-corrected chi connectivity index (χ2v) is 5.23. The molecule has 1 unspecified atom stereocenters. The zero-order chi connectivity index (χ0) is 14.8. The highest BCUT2D eigenvalue weighted by Crippen LogP contribution is 2.33. The third-order valence-electron chi connectivity index (χ3n) is 3.53. The lowest BCUT2D eigenvalue weighted by Crippen LogP contribution is -2.44. The van der Waals surface area contributed by atoms with E-state index in [1.54, 1.807) is 24.3 Å². The molecular weight excluding hydrogens is 291 g/mol. The molecule has 1 aliphatic rings. The molecular formula is C14H15ClF3NO. The number of benzene rings is 1. The summed E-state index contributed by atoms with van der Waals surface area (Å²) < 4.78 is 38.2. The van der Waals surface area contributed by atoms with Crippen molar-refractivity contribution in [3.8, 4) is 0 Å². The van der Waals surface area contributed by atoms with E-state index in [1.165, 1.54) is 4.90 Å². The Morgan fingerprint density at radius 3 is 2.50 bits per heavy atom. The second-order valence-electron chi connectivity index (χ2n) is 4.96. The van der Waals surface area contributed by atoms with Gasteiger partial charge in [0.1, 0.15) is 0 Å². The maximum Gasteiger partial charge on any atom is 0.393 e. The second kappa shape index (κ2) is 6.04. The number of alkyl halides is 4. The molecule has 0 aliphatic carbocycles. The summed E-state index contributed by atoms with van der Waals surface area (Å²) in [6.45, 7) is 0.127. The average molecular weight is 306 g/mol. The van der Waals surface area contributed by atoms with E-state index in [0.29, 0.717) is 24.4 Å². The fourth-order valence-corrected chi connectivity index (χ4v) is 2.53. The van der Waals surface area contributed by atoms with Crippen molar-refractivity contribution in [2.75, 3.05) is 13.1 Å². The van der Waals surface area contributed by atoms with Gasteiger partial charge in [0.05, 0.1) is 5.92 Å². The summed E-state index contributed by atoms with van der Waals surface area (Å²) in [7, 11) is 0. The molecule has 110 valence electrons. The van der Waals surface area contributed by atoms with Crippen LogP contribution in [0.15, 0.2) is 24.3 Å². The molecule has 0 spiro atoms. The summed E-state index contributed by atoms with van der Waals surface area (Å²) in [5.74, 6) is -1.42. The minimum atomic E-state index is -4.23. The zero-order valence-corrected chi connectivity index (χ0v) is 11.5. The van der Waals surface area contributed by atoms with E-state index in [1.807, 2.05) is 0 Å². The fourth-order valence-electron chi connectivity index (χ4n) is 2.35. The quantitative estimate of drug-likeness (QED) is 0.760. The number of hydrogen-bond donors (Lipinski definition) is 0. The third kappa shape index (κ3) is 3.45. The summed E-state index contributed by atoms with van der Waals surface area (Å²) in [6, 6.07) is 6.64. The van der Waals surface area contributed by atoms with Crippen molar-refractivity contribution in [1.29, 1.82) is 0 Å². The zero-order valence-electron chi connectivity index (χ0n) is 10.8. The van der Waals surface area contributed by atoms with Crippen LogP contribution in [0.25, 0.3) is 0 Å². The highest BCUT2D eigenvalue weighted by Gasteiger charge is 2.42. The van der Waals surface area contributed by atoms with E-state index < -0.39 is 12.1 Å². The Morgan fingerprint density at radius 2 is 1.95 bits per heavy atom. The summed E-state index contributed by atoms with van der Waals surface area (Å²) in [5, 5.41) is 0. The van der Waals surface area contributed by atoms with Crippen molar-refractivity contribution >= 4 is 17.5 Å². The Bertz CT molecular complexity index is 472. The molecule has 0 radical (unpaired) electrons. The first-order valence-corrected chi connectivity index (χ1v) is 6.96. The van der Waals surface area contributed by atoms with Crippen LogP contribution in [0.2, 0.25) is 0 Å². The molecule has 1 saturated heterocycles. The first-order chi connectivity index (χ1) is 9.41. The number of rotatable bonds is 2. The maximum atomic E-state index is 12.7. The normalized spacial score (nSPS) is 20.0. The summed E-state index contributed by atoms with van der Waals surface area (Å²) in [5.41, 5.74) is 1.27. The van der Waals surface area contributed by atoms with E-state index in [0.717, 1.165) is 5.56 Å². The monoisotopic (exact) mass is 305 g/mol. The minimum Gasteiger partial charge on any atom is -0.338 e. The van der Waals surface area contributed by atoms with Crippen molar-refractivity contribution < 1.29 is 18.0 Å². The Morgan fingerprint density at radius 1 is 1.30 bits per heavy atom. The van der Waals surface area contributed by atoms with Crippen LogP contribution in [0.3, 0.4) is 0 Å². The van der Waals surface area contributed by atoms with Crippen LogP contribution < -0.4 is 0 Å². The van der Waals surface area contributed by atoms with Gasteiger partial charge in [0.2, 0.25) is 0 Å². The minimum absolute atomic E-state index is 0.0957. The third-order valence-corrected chi connectivity index (χ3v) is 3.84. The van der Waals surface area contributed by atoms with Gasteiger partial charge >= 0.3 is 6.18 Å². The van der Waals surface area contributed by atoms with Crippen molar-refractivity contribution in [2.24, 2.45) is 5.92 Å². The molecule has 20 heavy (non-hydrogen) atoms. The first-order valence-electron chi connectivity index (χ1n) is 6.42. The number of likely N-dealkylation sites (tertiary alicyclic amines) is 1. The molecule has 1 aromatic carbocycles. The lowest BCUT2D eigenvalue weighted by Gasteiger charge is -2.33. The fraction of sp³-hybridized carbons (Fsp3) is 0.500. The van der Waals surface area contributed by atoms with E-state index in [4.69, 9.17) is 11.6 Å². The van der Waals surface area contributed by atoms with Crippen molar-refractivity contribution in [2.45, 2.75) is 24.9 Å². The molecule has 1 atom stereocenters. The molecule has 1 amide bonds. The van der Waals surface area contributed by atoms with Crippen LogP contribution >= 0.6 is 11.6 Å². The predicted molar refractivity (Wildman–Crippen MR) is 70.7 cm³/mol. The highest BCUT2D eigenvalue weighted by molar-refractivity contribution is 6.17. The Labute approximate surface area is 120 Å². The number of hydrogen-bond acceptors (Lipinski definition) is 1. The topological polar surface area (TPSA) is 20.3 Å². The smallest absolute Gasteiger partial charge is 0.338 e. The van der Waals surface area contributed by atoms with Gasteiger partial charge in [-0.1, -0.05) is 12.1 Å². The van der Waals surface area contributed by atoms with Crippen LogP contribution in [-0.2, 0) is 5.88 Å². The van der Waals surface area contributed by atoms with Gasteiger partial charge in [-0.05, 0) is 30.5 Å². The van der Waals surface area contributed by atoms with Crippen LogP contribution in [0.5, 0.6) is 0 Å². The van der Waals surface area contributed by atoms with Gasteiger partial charge in [-0.2, -0.15) is 13.2 Å². The van der Waals surface area contributed by atoms with Gasteiger partial charge < -0.3 is 4.90 Å². The summed E-state index contributed by atoms with van der Waals surface area (Å²) in [4.78, 5) is 13.5. The Hall–Kier alpha value is -1.23. The number of carbonyl (C=O) groups excluding carboxylic acids is 1. The molecule has 2 nitrogen and oxygen atoms in total. The number of piperidine rings is 1. The number of halogens is 4. The van der Waals surface area contributed by atoms with E-state index >= 15 is 0 Å². The highest BCUT2D eigenvalue weighted by atomic mass is 35.5.